The first-order valence-corrected chi connectivity index (χ1v) is 10.6. The third-order valence-electron chi connectivity index (χ3n) is 6.60. The molecular weight excluding hydrogens is 420 g/mol. The maximum Gasteiger partial charge on any atom is 0.258 e. The van der Waals surface area contributed by atoms with Crippen LogP contribution in [-0.2, 0) is 29.4 Å². The van der Waals surface area contributed by atoms with Crippen LogP contribution >= 0.6 is 11.6 Å². The highest BCUT2D eigenvalue weighted by Crippen LogP contribution is 2.44. The van der Waals surface area contributed by atoms with Gasteiger partial charge in [0.15, 0.2) is 11.5 Å². The predicted octanol–water partition coefficient (Wildman–Crippen LogP) is 3.53. The number of hydrogen-bond donors (Lipinski definition) is 1. The van der Waals surface area contributed by atoms with Crippen molar-refractivity contribution in [2.75, 3.05) is 6.79 Å². The van der Waals surface area contributed by atoms with Gasteiger partial charge in [0.25, 0.3) is 5.56 Å². The molecule has 0 unspecified atom stereocenters. The average Bonchev–Trinajstić information content (AvgIpc) is 3.38. The monoisotopic (exact) mass is 438 g/mol. The maximum absolute atomic E-state index is 13.4. The van der Waals surface area contributed by atoms with E-state index in [0.717, 1.165) is 22.0 Å². The van der Waals surface area contributed by atoms with E-state index in [0.29, 0.717) is 47.0 Å². The fourth-order valence-corrected chi connectivity index (χ4v) is 5.12. The Morgan fingerprint density at radius 1 is 1.23 bits per heavy atom. The molecule has 0 bridgehead atoms. The second kappa shape index (κ2) is 6.24. The summed E-state index contributed by atoms with van der Waals surface area (Å²) in [5.74, 6) is 1.82. The van der Waals surface area contributed by atoms with Crippen molar-refractivity contribution < 1.29 is 19.3 Å². The number of benzene rings is 1. The molecule has 8 heteroatoms. The zero-order valence-electron chi connectivity index (χ0n) is 16.8. The molecule has 3 aromatic rings. The van der Waals surface area contributed by atoms with Gasteiger partial charge in [-0.25, -0.2) is 4.98 Å². The van der Waals surface area contributed by atoms with Crippen LogP contribution in [0.3, 0.4) is 0 Å². The van der Waals surface area contributed by atoms with E-state index in [1.165, 1.54) is 0 Å². The van der Waals surface area contributed by atoms with Crippen molar-refractivity contribution >= 4 is 22.5 Å². The van der Waals surface area contributed by atoms with E-state index in [4.69, 9.17) is 30.8 Å². The quantitative estimate of drug-likeness (QED) is 0.482. The number of halogens is 1. The normalized spacial score (nSPS) is 20.4. The van der Waals surface area contributed by atoms with Crippen LogP contribution in [0.1, 0.15) is 35.6 Å². The van der Waals surface area contributed by atoms with Gasteiger partial charge in [0, 0.05) is 28.5 Å². The van der Waals surface area contributed by atoms with Crippen molar-refractivity contribution in [3.8, 4) is 22.9 Å². The molecule has 6 rings (SSSR count). The van der Waals surface area contributed by atoms with Crippen LogP contribution < -0.4 is 15.0 Å². The van der Waals surface area contributed by atoms with E-state index >= 15 is 0 Å². The van der Waals surface area contributed by atoms with E-state index in [1.807, 2.05) is 25.1 Å². The molecular formula is C23H19ClN2O5. The van der Waals surface area contributed by atoms with Crippen LogP contribution in [0.2, 0.25) is 0 Å². The van der Waals surface area contributed by atoms with E-state index in [1.54, 1.807) is 4.57 Å². The SMILES string of the molecule is C=C1OCc2c(cc3n(c2=O)Cc2c-3nc3cc4c(cc3c2CCl)OCO4)[C@@]1(O)CC. The zero-order chi connectivity index (χ0) is 21.5. The van der Waals surface area contributed by atoms with E-state index in [-0.39, 0.29) is 30.6 Å². The van der Waals surface area contributed by atoms with Crippen molar-refractivity contribution in [3.05, 3.63) is 63.1 Å². The Morgan fingerprint density at radius 3 is 2.74 bits per heavy atom. The largest absolute Gasteiger partial charge is 0.490 e. The van der Waals surface area contributed by atoms with Crippen molar-refractivity contribution in [1.29, 1.82) is 0 Å². The van der Waals surface area contributed by atoms with E-state index < -0.39 is 5.60 Å². The van der Waals surface area contributed by atoms with Crippen LogP contribution in [0.4, 0.5) is 0 Å². The topological polar surface area (TPSA) is 82.8 Å². The molecule has 0 aliphatic carbocycles. The Bertz CT molecular complexity index is 1380. The Labute approximate surface area is 182 Å². The van der Waals surface area contributed by atoms with Crippen LogP contribution in [0.25, 0.3) is 22.3 Å². The molecule has 0 amide bonds. The van der Waals surface area contributed by atoms with Crippen LogP contribution in [0.5, 0.6) is 11.5 Å². The highest BCUT2D eigenvalue weighted by Gasteiger charge is 2.41. The maximum atomic E-state index is 13.4. The summed E-state index contributed by atoms with van der Waals surface area (Å²) in [7, 11) is 0. The van der Waals surface area contributed by atoms with Crippen molar-refractivity contribution in [1.82, 2.24) is 9.55 Å². The smallest absolute Gasteiger partial charge is 0.258 e. The summed E-state index contributed by atoms with van der Waals surface area (Å²) in [6, 6.07) is 5.59. The fourth-order valence-electron chi connectivity index (χ4n) is 4.82. The number of aliphatic hydroxyl groups is 1. The predicted molar refractivity (Wildman–Crippen MR) is 114 cm³/mol. The summed E-state index contributed by atoms with van der Waals surface area (Å²) < 4.78 is 18.3. The number of nitrogens with zero attached hydrogens (tertiary/aromatic N) is 2. The molecule has 1 N–H and O–H groups in total. The Hall–Kier alpha value is -3.03. The molecule has 3 aliphatic heterocycles. The number of fused-ring (bicyclic) bond motifs is 6. The van der Waals surface area contributed by atoms with Gasteiger partial charge in [-0.3, -0.25) is 4.79 Å². The molecule has 7 nitrogen and oxygen atoms in total. The minimum Gasteiger partial charge on any atom is -0.490 e. The van der Waals surface area contributed by atoms with Crippen LogP contribution in [0.15, 0.2) is 35.3 Å². The molecule has 1 atom stereocenters. The molecule has 3 aliphatic rings. The first-order valence-electron chi connectivity index (χ1n) is 10.1. The number of alkyl halides is 1. The van der Waals surface area contributed by atoms with Gasteiger partial charge in [0.1, 0.15) is 18.0 Å². The summed E-state index contributed by atoms with van der Waals surface area (Å²) in [6.07, 6.45) is 0.343. The van der Waals surface area contributed by atoms with Gasteiger partial charge in [-0.05, 0) is 24.1 Å². The highest BCUT2D eigenvalue weighted by molar-refractivity contribution is 6.18. The van der Waals surface area contributed by atoms with Crippen molar-refractivity contribution in [2.24, 2.45) is 0 Å². The molecule has 2 aromatic heterocycles. The van der Waals surface area contributed by atoms with Gasteiger partial charge >= 0.3 is 0 Å². The van der Waals surface area contributed by atoms with Gasteiger partial charge in [-0.1, -0.05) is 13.5 Å². The molecule has 0 radical (unpaired) electrons. The number of ether oxygens (including phenoxy) is 3. The molecule has 31 heavy (non-hydrogen) atoms. The first kappa shape index (κ1) is 18.7. The van der Waals surface area contributed by atoms with Gasteiger partial charge < -0.3 is 23.9 Å². The lowest BCUT2D eigenvalue weighted by Gasteiger charge is -2.35. The first-order chi connectivity index (χ1) is 15.0. The van der Waals surface area contributed by atoms with Gasteiger partial charge in [-0.15, -0.1) is 11.6 Å². The van der Waals surface area contributed by atoms with Crippen molar-refractivity contribution in [2.45, 2.75) is 38.0 Å². The Kier molecular flexibility index (Phi) is 3.77. The third kappa shape index (κ3) is 2.33. The number of pyridine rings is 2. The molecule has 0 saturated carbocycles. The summed E-state index contributed by atoms with van der Waals surface area (Å²) in [5.41, 5.74) is 3.26. The van der Waals surface area contributed by atoms with E-state index in [2.05, 4.69) is 6.58 Å². The molecule has 0 fully saturated rings. The molecule has 1 aromatic carbocycles. The summed E-state index contributed by atoms with van der Waals surface area (Å²) in [5, 5.41) is 12.1. The highest BCUT2D eigenvalue weighted by atomic mass is 35.5. The molecule has 5 heterocycles. The lowest BCUT2D eigenvalue weighted by molar-refractivity contribution is -0.0172. The van der Waals surface area contributed by atoms with Crippen LogP contribution in [-0.4, -0.2) is 21.5 Å². The molecule has 0 spiro atoms. The fraction of sp³-hybridized carbons (Fsp3) is 0.304. The average molecular weight is 439 g/mol. The Balaban J connectivity index is 1.65. The van der Waals surface area contributed by atoms with Gasteiger partial charge in [-0.2, -0.15) is 0 Å². The second-order valence-corrected chi connectivity index (χ2v) is 8.28. The lowest BCUT2D eigenvalue weighted by Crippen LogP contribution is -2.38. The lowest BCUT2D eigenvalue weighted by atomic mass is 9.84. The van der Waals surface area contributed by atoms with Crippen molar-refractivity contribution in [3.63, 3.8) is 0 Å². The minimum atomic E-state index is -1.41. The third-order valence-corrected chi connectivity index (χ3v) is 6.87. The number of hydrogen-bond acceptors (Lipinski definition) is 6. The second-order valence-electron chi connectivity index (χ2n) is 8.01. The Morgan fingerprint density at radius 2 is 2.00 bits per heavy atom. The van der Waals surface area contributed by atoms with Gasteiger partial charge in [0.05, 0.1) is 29.0 Å². The minimum absolute atomic E-state index is 0.0884. The number of rotatable bonds is 2. The van der Waals surface area contributed by atoms with Gasteiger partial charge in [0.2, 0.25) is 6.79 Å². The summed E-state index contributed by atoms with van der Waals surface area (Å²) in [6.45, 7) is 6.33. The summed E-state index contributed by atoms with van der Waals surface area (Å²) >= 11 is 6.38. The zero-order valence-corrected chi connectivity index (χ0v) is 17.6. The number of aromatic nitrogens is 2. The van der Waals surface area contributed by atoms with Crippen LogP contribution in [0, 0.1) is 0 Å². The van der Waals surface area contributed by atoms with E-state index in [9.17, 15) is 9.90 Å². The molecule has 0 saturated heterocycles. The molecule has 158 valence electrons. The summed E-state index contributed by atoms with van der Waals surface area (Å²) in [4.78, 5) is 18.3. The standard InChI is InChI=1S/C23H19ClN2O5/c1-3-23(28)11(2)29-9-15-16(23)5-18-21-14(8-26(18)22(15)27)13(7-24)12-4-19-20(31-10-30-19)6-17(12)25-21/h4-6,28H,2-3,7-10H2,1H3/t23-/m1/s1.